The van der Waals surface area contributed by atoms with E-state index in [2.05, 4.69) is 11.6 Å². The standard InChI is InChI=1S/C14H13NO/c1-11(12-6-3-2-4-7-12)14(16)13-8-5-9-15-10-13/h2-10,14,16H,1H2. The van der Waals surface area contributed by atoms with Crippen LogP contribution < -0.4 is 0 Å². The molecule has 1 atom stereocenters. The van der Waals surface area contributed by atoms with Gasteiger partial charge < -0.3 is 5.11 Å². The molecule has 0 aliphatic rings. The lowest BCUT2D eigenvalue weighted by Crippen LogP contribution is -2.00. The van der Waals surface area contributed by atoms with Crippen LogP contribution in [-0.4, -0.2) is 10.1 Å². The molecule has 0 fully saturated rings. The van der Waals surface area contributed by atoms with Gasteiger partial charge in [-0.25, -0.2) is 0 Å². The van der Waals surface area contributed by atoms with Gasteiger partial charge in [0.15, 0.2) is 0 Å². The van der Waals surface area contributed by atoms with E-state index in [1.165, 1.54) is 0 Å². The fourth-order valence-electron chi connectivity index (χ4n) is 1.55. The molecular formula is C14H13NO. The second-order valence-corrected chi connectivity index (χ2v) is 3.58. The van der Waals surface area contributed by atoms with E-state index < -0.39 is 6.10 Å². The fourth-order valence-corrected chi connectivity index (χ4v) is 1.55. The number of aliphatic hydroxyl groups excluding tert-OH is 1. The molecule has 0 aliphatic carbocycles. The predicted molar refractivity (Wildman–Crippen MR) is 64.7 cm³/mol. The number of hydrogen-bond donors (Lipinski definition) is 1. The molecule has 1 unspecified atom stereocenters. The van der Waals surface area contributed by atoms with E-state index in [0.717, 1.165) is 11.1 Å². The summed E-state index contributed by atoms with van der Waals surface area (Å²) < 4.78 is 0. The molecule has 0 bridgehead atoms. The van der Waals surface area contributed by atoms with Crippen molar-refractivity contribution in [1.82, 2.24) is 4.98 Å². The van der Waals surface area contributed by atoms with Gasteiger partial charge in [-0.2, -0.15) is 0 Å². The second kappa shape index (κ2) is 4.73. The predicted octanol–water partition coefficient (Wildman–Crippen LogP) is 2.83. The summed E-state index contributed by atoms with van der Waals surface area (Å²) in [6.45, 7) is 3.92. The summed E-state index contributed by atoms with van der Waals surface area (Å²) in [5.74, 6) is 0. The summed E-state index contributed by atoms with van der Waals surface area (Å²) in [4.78, 5) is 3.98. The zero-order valence-corrected chi connectivity index (χ0v) is 8.88. The Morgan fingerprint density at radius 3 is 2.50 bits per heavy atom. The number of nitrogens with zero attached hydrogens (tertiary/aromatic N) is 1. The number of aliphatic hydroxyl groups is 1. The summed E-state index contributed by atoms with van der Waals surface area (Å²) in [5.41, 5.74) is 2.39. The normalized spacial score (nSPS) is 12.1. The maximum Gasteiger partial charge on any atom is 0.106 e. The Balaban J connectivity index is 2.24. The topological polar surface area (TPSA) is 33.1 Å². The van der Waals surface area contributed by atoms with Crippen molar-refractivity contribution in [2.75, 3.05) is 0 Å². The molecule has 2 aromatic rings. The third kappa shape index (κ3) is 2.18. The van der Waals surface area contributed by atoms with Crippen molar-refractivity contribution in [2.45, 2.75) is 6.10 Å². The summed E-state index contributed by atoms with van der Waals surface area (Å²) in [5, 5.41) is 10.1. The van der Waals surface area contributed by atoms with Crippen molar-refractivity contribution in [2.24, 2.45) is 0 Å². The second-order valence-electron chi connectivity index (χ2n) is 3.58. The first-order chi connectivity index (χ1) is 7.79. The number of benzene rings is 1. The van der Waals surface area contributed by atoms with E-state index in [0.29, 0.717) is 5.57 Å². The van der Waals surface area contributed by atoms with E-state index in [9.17, 15) is 5.11 Å². The van der Waals surface area contributed by atoms with Crippen molar-refractivity contribution in [3.05, 3.63) is 72.6 Å². The van der Waals surface area contributed by atoms with Gasteiger partial charge in [-0.1, -0.05) is 43.0 Å². The molecule has 1 aromatic carbocycles. The minimum absolute atomic E-state index is 0.689. The summed E-state index contributed by atoms with van der Waals surface area (Å²) in [6.07, 6.45) is 2.64. The van der Waals surface area contributed by atoms with Gasteiger partial charge >= 0.3 is 0 Å². The molecule has 1 aromatic heterocycles. The Morgan fingerprint density at radius 1 is 1.12 bits per heavy atom. The Kier molecular flexibility index (Phi) is 3.13. The van der Waals surface area contributed by atoms with Crippen molar-refractivity contribution in [3.63, 3.8) is 0 Å². The molecular weight excluding hydrogens is 198 g/mol. The molecule has 1 heterocycles. The van der Waals surface area contributed by atoms with Gasteiger partial charge in [-0.15, -0.1) is 0 Å². The maximum absolute atomic E-state index is 10.1. The van der Waals surface area contributed by atoms with Crippen LogP contribution in [0.2, 0.25) is 0 Å². The third-order valence-corrected chi connectivity index (χ3v) is 2.47. The molecule has 16 heavy (non-hydrogen) atoms. The molecule has 2 nitrogen and oxygen atoms in total. The van der Waals surface area contributed by atoms with E-state index in [1.807, 2.05) is 36.4 Å². The first-order valence-corrected chi connectivity index (χ1v) is 5.11. The van der Waals surface area contributed by atoms with Crippen molar-refractivity contribution in [3.8, 4) is 0 Å². The van der Waals surface area contributed by atoms with Crippen molar-refractivity contribution < 1.29 is 5.11 Å². The Hall–Kier alpha value is -1.93. The van der Waals surface area contributed by atoms with Gasteiger partial charge in [-0.3, -0.25) is 4.98 Å². The quantitative estimate of drug-likeness (QED) is 0.846. The van der Waals surface area contributed by atoms with Gasteiger partial charge in [0.05, 0.1) is 0 Å². The number of aromatic nitrogens is 1. The lowest BCUT2D eigenvalue weighted by Gasteiger charge is -2.13. The molecule has 0 saturated carbocycles. The van der Waals surface area contributed by atoms with Crippen LogP contribution in [0.5, 0.6) is 0 Å². The SMILES string of the molecule is C=C(c1ccccc1)C(O)c1cccnc1. The molecule has 1 N–H and O–H groups in total. The minimum atomic E-state index is -0.698. The van der Waals surface area contributed by atoms with Crippen LogP contribution in [0.25, 0.3) is 5.57 Å². The van der Waals surface area contributed by atoms with E-state index >= 15 is 0 Å². The average Bonchev–Trinajstić information content (AvgIpc) is 2.39. The van der Waals surface area contributed by atoms with Crippen LogP contribution in [0, 0.1) is 0 Å². The maximum atomic E-state index is 10.1. The monoisotopic (exact) mass is 211 g/mol. The number of pyridine rings is 1. The van der Waals surface area contributed by atoms with Gasteiger partial charge in [0.2, 0.25) is 0 Å². The number of hydrogen-bond acceptors (Lipinski definition) is 2. The molecule has 2 heteroatoms. The minimum Gasteiger partial charge on any atom is -0.384 e. The molecule has 0 radical (unpaired) electrons. The van der Waals surface area contributed by atoms with Crippen LogP contribution in [0.15, 0.2) is 61.4 Å². The first-order valence-electron chi connectivity index (χ1n) is 5.11. The van der Waals surface area contributed by atoms with Crippen LogP contribution in [0.1, 0.15) is 17.2 Å². The average molecular weight is 211 g/mol. The largest absolute Gasteiger partial charge is 0.384 e. The molecule has 80 valence electrons. The molecule has 2 rings (SSSR count). The van der Waals surface area contributed by atoms with Crippen LogP contribution in [-0.2, 0) is 0 Å². The highest BCUT2D eigenvalue weighted by atomic mass is 16.3. The highest BCUT2D eigenvalue weighted by Crippen LogP contribution is 2.27. The van der Waals surface area contributed by atoms with E-state index in [4.69, 9.17) is 0 Å². The van der Waals surface area contributed by atoms with Crippen LogP contribution in [0.3, 0.4) is 0 Å². The van der Waals surface area contributed by atoms with Crippen molar-refractivity contribution in [1.29, 1.82) is 0 Å². The summed E-state index contributed by atoms with van der Waals surface area (Å²) in [6, 6.07) is 13.3. The van der Waals surface area contributed by atoms with Crippen LogP contribution in [0.4, 0.5) is 0 Å². The van der Waals surface area contributed by atoms with Gasteiger partial charge in [0.1, 0.15) is 6.10 Å². The summed E-state index contributed by atoms with van der Waals surface area (Å²) in [7, 11) is 0. The first kappa shape index (κ1) is 10.6. The van der Waals surface area contributed by atoms with Gasteiger partial charge in [0, 0.05) is 18.0 Å². The molecule has 0 aliphatic heterocycles. The lowest BCUT2D eigenvalue weighted by atomic mass is 9.98. The lowest BCUT2D eigenvalue weighted by molar-refractivity contribution is 0.238. The zero-order chi connectivity index (χ0) is 11.4. The molecule has 0 saturated heterocycles. The molecule has 0 amide bonds. The van der Waals surface area contributed by atoms with E-state index in [1.54, 1.807) is 18.5 Å². The Bertz CT molecular complexity index is 465. The fraction of sp³-hybridized carbons (Fsp3) is 0.0714. The van der Waals surface area contributed by atoms with Gasteiger partial charge in [0.25, 0.3) is 0 Å². The highest BCUT2D eigenvalue weighted by molar-refractivity contribution is 5.67. The Labute approximate surface area is 94.9 Å². The summed E-state index contributed by atoms with van der Waals surface area (Å²) >= 11 is 0. The van der Waals surface area contributed by atoms with Gasteiger partial charge in [-0.05, 0) is 17.2 Å². The number of rotatable bonds is 3. The third-order valence-electron chi connectivity index (χ3n) is 2.47. The smallest absolute Gasteiger partial charge is 0.106 e. The van der Waals surface area contributed by atoms with Crippen LogP contribution >= 0.6 is 0 Å². The highest BCUT2D eigenvalue weighted by Gasteiger charge is 2.12. The van der Waals surface area contributed by atoms with E-state index in [-0.39, 0.29) is 0 Å². The zero-order valence-electron chi connectivity index (χ0n) is 8.88. The van der Waals surface area contributed by atoms with Crippen molar-refractivity contribution >= 4 is 5.57 Å². The Morgan fingerprint density at radius 2 is 1.88 bits per heavy atom. The molecule has 0 spiro atoms.